The van der Waals surface area contributed by atoms with Gasteiger partial charge in [0.15, 0.2) is 0 Å². The average Bonchev–Trinajstić information content (AvgIpc) is 2.85. The van der Waals surface area contributed by atoms with Crippen LogP contribution in [-0.2, 0) is 9.53 Å². The Kier molecular flexibility index (Phi) is 4.39. The fraction of sp³-hybridized carbons (Fsp3) is 0.385. The van der Waals surface area contributed by atoms with Gasteiger partial charge in [-0.25, -0.2) is 9.18 Å². The lowest BCUT2D eigenvalue weighted by molar-refractivity contribution is -0.117. The molecule has 1 aromatic rings. The Balaban J connectivity index is 2.33. The van der Waals surface area contributed by atoms with E-state index in [-0.39, 0.29) is 42.6 Å². The van der Waals surface area contributed by atoms with Crippen LogP contribution in [0.3, 0.4) is 0 Å². The first kappa shape index (κ1) is 14.8. The fourth-order valence-corrected chi connectivity index (χ4v) is 2.30. The van der Waals surface area contributed by atoms with Gasteiger partial charge < -0.3 is 9.64 Å². The molecule has 1 fully saturated rings. The zero-order chi connectivity index (χ0) is 15.4. The van der Waals surface area contributed by atoms with Crippen LogP contribution in [0, 0.1) is 11.7 Å². The Morgan fingerprint density at radius 1 is 1.62 bits per heavy atom. The van der Waals surface area contributed by atoms with E-state index in [4.69, 9.17) is 5.53 Å². The van der Waals surface area contributed by atoms with Crippen molar-refractivity contribution in [1.29, 1.82) is 0 Å². The standard InChI is InChI=1S/C13H13FN4O3/c1-21-13(20)10-3-2-9(14)5-11(10)18-7-8(4-12(18)19)6-16-17-15/h2-3,5,8H,4,6-7H2,1H3. The number of ether oxygens (including phenoxy) is 1. The van der Waals surface area contributed by atoms with E-state index in [1.165, 1.54) is 18.1 Å². The lowest BCUT2D eigenvalue weighted by atomic mass is 10.1. The number of anilines is 1. The Hall–Kier alpha value is -2.60. The summed E-state index contributed by atoms with van der Waals surface area (Å²) in [5.41, 5.74) is 8.61. The summed E-state index contributed by atoms with van der Waals surface area (Å²) in [7, 11) is 1.21. The molecule has 1 atom stereocenters. The van der Waals surface area contributed by atoms with Gasteiger partial charge in [-0.3, -0.25) is 4.79 Å². The number of nitrogens with zero attached hydrogens (tertiary/aromatic N) is 4. The molecule has 0 saturated carbocycles. The summed E-state index contributed by atoms with van der Waals surface area (Å²) in [6, 6.07) is 3.54. The molecule has 1 aromatic carbocycles. The average molecular weight is 292 g/mol. The fourth-order valence-electron chi connectivity index (χ4n) is 2.30. The highest BCUT2D eigenvalue weighted by atomic mass is 19.1. The largest absolute Gasteiger partial charge is 0.465 e. The van der Waals surface area contributed by atoms with Gasteiger partial charge in [0.05, 0.1) is 18.4 Å². The molecule has 1 aliphatic heterocycles. The second-order valence-corrected chi connectivity index (χ2v) is 4.64. The molecule has 0 aromatic heterocycles. The maximum absolute atomic E-state index is 13.4. The molecule has 110 valence electrons. The first-order valence-corrected chi connectivity index (χ1v) is 6.26. The summed E-state index contributed by atoms with van der Waals surface area (Å²) < 4.78 is 18.1. The van der Waals surface area contributed by atoms with Crippen molar-refractivity contribution < 1.29 is 18.7 Å². The monoisotopic (exact) mass is 292 g/mol. The predicted molar refractivity (Wildman–Crippen MR) is 72.2 cm³/mol. The van der Waals surface area contributed by atoms with E-state index < -0.39 is 11.8 Å². The highest BCUT2D eigenvalue weighted by molar-refractivity contribution is 6.03. The quantitative estimate of drug-likeness (QED) is 0.368. The topological polar surface area (TPSA) is 95.4 Å². The molecule has 0 N–H and O–H groups in total. The van der Waals surface area contributed by atoms with Gasteiger partial charge in [0.1, 0.15) is 5.82 Å². The summed E-state index contributed by atoms with van der Waals surface area (Å²) in [4.78, 5) is 27.7. The van der Waals surface area contributed by atoms with Gasteiger partial charge in [-0.2, -0.15) is 0 Å². The molecule has 2 rings (SSSR count). The lowest BCUT2D eigenvalue weighted by Crippen LogP contribution is -2.27. The molecule has 21 heavy (non-hydrogen) atoms. The smallest absolute Gasteiger partial charge is 0.339 e. The van der Waals surface area contributed by atoms with Gasteiger partial charge >= 0.3 is 5.97 Å². The summed E-state index contributed by atoms with van der Waals surface area (Å²) in [6.07, 6.45) is 0.191. The molecule has 0 aliphatic carbocycles. The zero-order valence-electron chi connectivity index (χ0n) is 11.3. The van der Waals surface area contributed by atoms with E-state index >= 15 is 0 Å². The number of benzene rings is 1. The van der Waals surface area contributed by atoms with Crippen LogP contribution in [0.1, 0.15) is 16.8 Å². The van der Waals surface area contributed by atoms with Crippen LogP contribution in [0.4, 0.5) is 10.1 Å². The summed E-state index contributed by atoms with van der Waals surface area (Å²) >= 11 is 0. The van der Waals surface area contributed by atoms with E-state index in [2.05, 4.69) is 14.8 Å². The summed E-state index contributed by atoms with van der Waals surface area (Å²) in [5.74, 6) is -1.59. The second-order valence-electron chi connectivity index (χ2n) is 4.64. The zero-order valence-corrected chi connectivity index (χ0v) is 11.3. The van der Waals surface area contributed by atoms with Crippen molar-refractivity contribution in [1.82, 2.24) is 0 Å². The highest BCUT2D eigenvalue weighted by Crippen LogP contribution is 2.29. The molecule has 0 spiro atoms. The number of carbonyl (C=O) groups excluding carboxylic acids is 2. The number of hydrogen-bond donors (Lipinski definition) is 0. The molecule has 1 amide bonds. The second kappa shape index (κ2) is 6.23. The van der Waals surface area contributed by atoms with Crippen molar-refractivity contribution in [3.63, 3.8) is 0 Å². The molecule has 1 saturated heterocycles. The Bertz CT molecular complexity index is 628. The van der Waals surface area contributed by atoms with Crippen molar-refractivity contribution in [2.75, 3.05) is 25.1 Å². The molecule has 1 aliphatic rings. The number of rotatable bonds is 4. The Morgan fingerprint density at radius 3 is 3.05 bits per heavy atom. The minimum absolute atomic E-state index is 0.122. The van der Waals surface area contributed by atoms with Crippen molar-refractivity contribution in [2.45, 2.75) is 6.42 Å². The number of esters is 1. The van der Waals surface area contributed by atoms with E-state index in [0.717, 1.165) is 12.1 Å². The third-order valence-electron chi connectivity index (χ3n) is 3.26. The van der Waals surface area contributed by atoms with Crippen molar-refractivity contribution >= 4 is 17.6 Å². The van der Waals surface area contributed by atoms with E-state index in [0.29, 0.717) is 0 Å². The van der Waals surface area contributed by atoms with E-state index in [9.17, 15) is 14.0 Å². The van der Waals surface area contributed by atoms with Gasteiger partial charge in [0, 0.05) is 24.4 Å². The summed E-state index contributed by atoms with van der Waals surface area (Å²) in [6.45, 7) is 0.451. The number of carbonyl (C=O) groups is 2. The minimum atomic E-state index is -0.642. The van der Waals surface area contributed by atoms with Gasteiger partial charge in [-0.15, -0.1) is 0 Å². The maximum Gasteiger partial charge on any atom is 0.339 e. The lowest BCUT2D eigenvalue weighted by Gasteiger charge is -2.19. The van der Waals surface area contributed by atoms with Crippen LogP contribution in [0.15, 0.2) is 23.3 Å². The van der Waals surface area contributed by atoms with Crippen LogP contribution < -0.4 is 4.90 Å². The number of methoxy groups -OCH3 is 1. The van der Waals surface area contributed by atoms with Crippen molar-refractivity contribution in [2.24, 2.45) is 11.0 Å². The first-order valence-electron chi connectivity index (χ1n) is 6.26. The molecular weight excluding hydrogens is 279 g/mol. The molecule has 8 heteroatoms. The number of azide groups is 1. The van der Waals surface area contributed by atoms with E-state index in [1.54, 1.807) is 0 Å². The number of amides is 1. The predicted octanol–water partition coefficient (Wildman–Crippen LogP) is 2.28. The molecule has 1 unspecified atom stereocenters. The van der Waals surface area contributed by atoms with Crippen LogP contribution >= 0.6 is 0 Å². The molecule has 0 bridgehead atoms. The van der Waals surface area contributed by atoms with Crippen LogP contribution in [0.5, 0.6) is 0 Å². The maximum atomic E-state index is 13.4. The van der Waals surface area contributed by atoms with Gasteiger partial charge in [0.2, 0.25) is 5.91 Å². The van der Waals surface area contributed by atoms with Gasteiger partial charge in [-0.1, -0.05) is 5.11 Å². The number of hydrogen-bond acceptors (Lipinski definition) is 4. The minimum Gasteiger partial charge on any atom is -0.465 e. The highest BCUT2D eigenvalue weighted by Gasteiger charge is 2.32. The van der Waals surface area contributed by atoms with E-state index in [1.807, 2.05) is 0 Å². The van der Waals surface area contributed by atoms with Crippen molar-refractivity contribution in [3.8, 4) is 0 Å². The molecular formula is C13H13FN4O3. The van der Waals surface area contributed by atoms with Gasteiger partial charge in [-0.05, 0) is 29.6 Å². The Morgan fingerprint density at radius 2 is 2.38 bits per heavy atom. The third-order valence-corrected chi connectivity index (χ3v) is 3.26. The third kappa shape index (κ3) is 3.11. The van der Waals surface area contributed by atoms with Crippen LogP contribution in [-0.4, -0.2) is 32.1 Å². The number of halogens is 1. The normalized spacial score (nSPS) is 17.5. The van der Waals surface area contributed by atoms with Crippen LogP contribution in [0.25, 0.3) is 10.4 Å². The molecule has 1 heterocycles. The van der Waals surface area contributed by atoms with Gasteiger partial charge in [0.25, 0.3) is 0 Å². The SMILES string of the molecule is COC(=O)c1ccc(F)cc1N1CC(CN=[N+]=[N-])CC1=O. The van der Waals surface area contributed by atoms with Crippen LogP contribution in [0.2, 0.25) is 0 Å². The first-order chi connectivity index (χ1) is 10.1. The molecule has 0 radical (unpaired) electrons. The Labute approximate surface area is 119 Å². The molecule has 7 nitrogen and oxygen atoms in total. The van der Waals surface area contributed by atoms with Crippen molar-refractivity contribution in [3.05, 3.63) is 40.0 Å². The summed E-state index contributed by atoms with van der Waals surface area (Å²) in [5, 5.41) is 3.44.